The van der Waals surface area contributed by atoms with Crippen molar-refractivity contribution < 1.29 is 9.59 Å². The van der Waals surface area contributed by atoms with E-state index in [9.17, 15) is 9.59 Å². The van der Waals surface area contributed by atoms with Crippen molar-refractivity contribution in [2.45, 2.75) is 90.1 Å². The minimum Gasteiger partial charge on any atom is -0.338 e. The van der Waals surface area contributed by atoms with Gasteiger partial charge in [-0.15, -0.1) is 0 Å². The first-order chi connectivity index (χ1) is 12.6. The SMILES string of the molecule is C[C@@H]1CCCCN1C(=O)NCCCCCCNC(=O)N1CCCC[C@H]1C. The van der Waals surface area contributed by atoms with Crippen molar-refractivity contribution >= 4 is 12.1 Å². The quantitative estimate of drug-likeness (QED) is 0.675. The Balaban J connectivity index is 1.45. The first kappa shape index (κ1) is 20.8. The topological polar surface area (TPSA) is 64.7 Å². The van der Waals surface area contributed by atoms with Crippen LogP contribution in [0.2, 0.25) is 0 Å². The number of nitrogens with one attached hydrogen (secondary N) is 2. The van der Waals surface area contributed by atoms with Crippen molar-refractivity contribution in [1.29, 1.82) is 0 Å². The first-order valence-electron chi connectivity index (χ1n) is 10.7. The fourth-order valence-electron chi connectivity index (χ4n) is 4.00. The lowest BCUT2D eigenvalue weighted by molar-refractivity contribution is 0.157. The molecule has 0 aromatic carbocycles. The van der Waals surface area contributed by atoms with Gasteiger partial charge < -0.3 is 20.4 Å². The van der Waals surface area contributed by atoms with Crippen molar-refractivity contribution in [3.8, 4) is 0 Å². The van der Waals surface area contributed by atoms with Crippen molar-refractivity contribution in [1.82, 2.24) is 20.4 Å². The third-order valence-electron chi connectivity index (χ3n) is 5.78. The van der Waals surface area contributed by atoms with Crippen molar-refractivity contribution in [2.24, 2.45) is 0 Å². The molecule has 0 saturated carbocycles. The molecule has 6 heteroatoms. The second kappa shape index (κ2) is 11.3. The second-order valence-electron chi connectivity index (χ2n) is 7.95. The van der Waals surface area contributed by atoms with E-state index in [4.69, 9.17) is 0 Å². The summed E-state index contributed by atoms with van der Waals surface area (Å²) >= 11 is 0. The summed E-state index contributed by atoms with van der Waals surface area (Å²) in [5.41, 5.74) is 0. The van der Waals surface area contributed by atoms with E-state index in [-0.39, 0.29) is 12.1 Å². The zero-order valence-electron chi connectivity index (χ0n) is 16.8. The Morgan fingerprint density at radius 1 is 0.731 bits per heavy atom. The summed E-state index contributed by atoms with van der Waals surface area (Å²) in [6.45, 7) is 7.55. The van der Waals surface area contributed by atoms with Crippen LogP contribution in [0.25, 0.3) is 0 Å². The number of hydrogen-bond donors (Lipinski definition) is 2. The summed E-state index contributed by atoms with van der Waals surface area (Å²) in [7, 11) is 0. The van der Waals surface area contributed by atoms with Gasteiger partial charge in [-0.3, -0.25) is 0 Å². The number of hydrogen-bond acceptors (Lipinski definition) is 2. The number of carbonyl (C=O) groups excluding carboxylic acids is 2. The van der Waals surface area contributed by atoms with Crippen LogP contribution in [0.3, 0.4) is 0 Å². The molecule has 0 radical (unpaired) electrons. The number of urea groups is 2. The molecule has 0 spiro atoms. The highest BCUT2D eigenvalue weighted by Crippen LogP contribution is 2.17. The maximum Gasteiger partial charge on any atom is 0.317 e. The van der Waals surface area contributed by atoms with Gasteiger partial charge in [0.05, 0.1) is 0 Å². The van der Waals surface area contributed by atoms with Crippen LogP contribution in [0, 0.1) is 0 Å². The molecule has 2 atom stereocenters. The zero-order valence-corrected chi connectivity index (χ0v) is 16.8. The second-order valence-corrected chi connectivity index (χ2v) is 7.95. The summed E-state index contributed by atoms with van der Waals surface area (Å²) in [6.07, 6.45) is 11.1. The predicted octanol–water partition coefficient (Wildman–Crippen LogP) is 3.71. The number of piperidine rings is 2. The molecular formula is C20H38N4O2. The van der Waals surface area contributed by atoms with Gasteiger partial charge in [0.1, 0.15) is 0 Å². The van der Waals surface area contributed by atoms with E-state index in [0.717, 1.165) is 77.5 Å². The Labute approximate surface area is 159 Å². The summed E-state index contributed by atoms with van der Waals surface area (Å²) in [5, 5.41) is 6.10. The van der Waals surface area contributed by atoms with E-state index in [1.807, 2.05) is 9.80 Å². The standard InChI is InChI=1S/C20H38N4O2/c1-17-11-5-9-15-23(17)19(25)21-13-7-3-4-8-14-22-20(26)24-16-10-6-12-18(24)2/h17-18H,3-16H2,1-2H3,(H,21,25)(H,22,26)/t17-,18-/m1/s1. The molecule has 2 saturated heterocycles. The summed E-state index contributed by atoms with van der Waals surface area (Å²) in [6, 6.07) is 0.935. The van der Waals surface area contributed by atoms with Crippen LogP contribution in [-0.2, 0) is 0 Å². The third-order valence-corrected chi connectivity index (χ3v) is 5.78. The predicted molar refractivity (Wildman–Crippen MR) is 105 cm³/mol. The average Bonchev–Trinajstić information content (AvgIpc) is 2.64. The van der Waals surface area contributed by atoms with Crippen LogP contribution < -0.4 is 10.6 Å². The Bertz CT molecular complexity index is 404. The molecule has 0 bridgehead atoms. The monoisotopic (exact) mass is 366 g/mol. The number of unbranched alkanes of at least 4 members (excludes halogenated alkanes) is 3. The molecule has 2 N–H and O–H groups in total. The minimum atomic E-state index is 0.0973. The number of amides is 4. The van der Waals surface area contributed by atoms with E-state index < -0.39 is 0 Å². The number of likely N-dealkylation sites (tertiary alicyclic amines) is 2. The van der Waals surface area contributed by atoms with Gasteiger partial charge in [0, 0.05) is 38.3 Å². The van der Waals surface area contributed by atoms with Gasteiger partial charge in [0.2, 0.25) is 0 Å². The molecule has 2 rings (SSSR count). The molecular weight excluding hydrogens is 328 g/mol. The molecule has 0 aliphatic carbocycles. The van der Waals surface area contributed by atoms with Crippen LogP contribution in [-0.4, -0.2) is 60.1 Å². The van der Waals surface area contributed by atoms with Gasteiger partial charge in [-0.1, -0.05) is 12.8 Å². The van der Waals surface area contributed by atoms with Crippen molar-refractivity contribution in [2.75, 3.05) is 26.2 Å². The molecule has 6 nitrogen and oxygen atoms in total. The lowest BCUT2D eigenvalue weighted by Gasteiger charge is -2.33. The molecule has 2 aliphatic heterocycles. The largest absolute Gasteiger partial charge is 0.338 e. The lowest BCUT2D eigenvalue weighted by Crippen LogP contribution is -2.47. The summed E-state index contributed by atoms with van der Waals surface area (Å²) in [4.78, 5) is 28.3. The smallest absolute Gasteiger partial charge is 0.317 e. The Hall–Kier alpha value is -1.46. The highest BCUT2D eigenvalue weighted by atomic mass is 16.2. The van der Waals surface area contributed by atoms with Gasteiger partial charge >= 0.3 is 12.1 Å². The molecule has 2 heterocycles. The zero-order chi connectivity index (χ0) is 18.8. The van der Waals surface area contributed by atoms with Gasteiger partial charge in [0.15, 0.2) is 0 Å². The molecule has 2 fully saturated rings. The normalized spacial score (nSPS) is 23.6. The van der Waals surface area contributed by atoms with Crippen LogP contribution in [0.1, 0.15) is 78.1 Å². The highest BCUT2D eigenvalue weighted by Gasteiger charge is 2.23. The van der Waals surface area contributed by atoms with E-state index in [2.05, 4.69) is 24.5 Å². The summed E-state index contributed by atoms with van der Waals surface area (Å²) in [5.74, 6) is 0. The van der Waals surface area contributed by atoms with Gasteiger partial charge in [-0.05, 0) is 65.2 Å². The Morgan fingerprint density at radius 3 is 1.54 bits per heavy atom. The van der Waals surface area contributed by atoms with Gasteiger partial charge in [-0.25, -0.2) is 9.59 Å². The third kappa shape index (κ3) is 6.69. The van der Waals surface area contributed by atoms with E-state index >= 15 is 0 Å². The number of rotatable bonds is 7. The first-order valence-corrected chi connectivity index (χ1v) is 10.7. The minimum absolute atomic E-state index is 0.0973. The number of nitrogens with zero attached hydrogens (tertiary/aromatic N) is 2. The number of carbonyl (C=O) groups is 2. The van der Waals surface area contributed by atoms with Crippen LogP contribution in [0.4, 0.5) is 9.59 Å². The molecule has 2 aliphatic rings. The van der Waals surface area contributed by atoms with Gasteiger partial charge in [-0.2, -0.15) is 0 Å². The van der Waals surface area contributed by atoms with Crippen LogP contribution in [0.15, 0.2) is 0 Å². The van der Waals surface area contributed by atoms with Crippen LogP contribution >= 0.6 is 0 Å². The molecule has 26 heavy (non-hydrogen) atoms. The van der Waals surface area contributed by atoms with Crippen LogP contribution in [0.5, 0.6) is 0 Å². The van der Waals surface area contributed by atoms with E-state index in [1.54, 1.807) is 0 Å². The highest BCUT2D eigenvalue weighted by molar-refractivity contribution is 5.75. The Kier molecular flexibility index (Phi) is 9.06. The van der Waals surface area contributed by atoms with Gasteiger partial charge in [0.25, 0.3) is 0 Å². The Morgan fingerprint density at radius 2 is 1.15 bits per heavy atom. The maximum absolute atomic E-state index is 12.2. The average molecular weight is 367 g/mol. The fourth-order valence-corrected chi connectivity index (χ4v) is 4.00. The molecule has 0 aromatic rings. The lowest BCUT2D eigenvalue weighted by atomic mass is 10.0. The molecule has 0 unspecified atom stereocenters. The fraction of sp³-hybridized carbons (Fsp3) is 0.900. The summed E-state index contributed by atoms with van der Waals surface area (Å²) < 4.78 is 0. The maximum atomic E-state index is 12.2. The van der Waals surface area contributed by atoms with Crippen molar-refractivity contribution in [3.05, 3.63) is 0 Å². The molecule has 0 aromatic heterocycles. The van der Waals surface area contributed by atoms with Crippen molar-refractivity contribution in [3.63, 3.8) is 0 Å². The van der Waals surface area contributed by atoms with E-state index in [1.165, 1.54) is 12.8 Å². The molecule has 4 amide bonds. The van der Waals surface area contributed by atoms with E-state index in [0.29, 0.717) is 12.1 Å². The molecule has 150 valence electrons.